The fourth-order valence-electron chi connectivity index (χ4n) is 4.26. The van der Waals surface area contributed by atoms with Gasteiger partial charge in [-0.15, -0.1) is 0 Å². The van der Waals surface area contributed by atoms with E-state index in [2.05, 4.69) is 21.2 Å². The summed E-state index contributed by atoms with van der Waals surface area (Å²) in [4.78, 5) is 29.2. The van der Waals surface area contributed by atoms with Crippen LogP contribution in [0.2, 0.25) is 0 Å². The minimum absolute atomic E-state index is 0.155. The maximum absolute atomic E-state index is 14.1. The highest BCUT2D eigenvalue weighted by Gasteiger charge is 2.33. The first-order valence-corrected chi connectivity index (χ1v) is 15.9. The van der Waals surface area contributed by atoms with Gasteiger partial charge in [0.15, 0.2) is 0 Å². The smallest absolute Gasteiger partial charge is 0.244 e. The van der Waals surface area contributed by atoms with E-state index in [0.717, 1.165) is 37.3 Å². The standard InChI is InChI=1S/C31H38BrN3O4S/c1-22(2)19-33-31(37)29(18-25-9-7-6-8-10-25)34(20-26-13-11-23(3)12-14-26)30(36)21-35(40(5,38)39)27-15-16-28(32)24(4)17-27/h6-17,22,29H,18-21H2,1-5H3,(H,33,37)/t29-/m1/s1. The van der Waals surface area contributed by atoms with Crippen molar-refractivity contribution in [3.63, 3.8) is 0 Å². The maximum atomic E-state index is 14.1. The summed E-state index contributed by atoms with van der Waals surface area (Å²) in [5, 5.41) is 2.99. The van der Waals surface area contributed by atoms with Crippen molar-refractivity contribution in [2.24, 2.45) is 5.92 Å². The lowest BCUT2D eigenvalue weighted by Crippen LogP contribution is -2.53. The number of halogens is 1. The fraction of sp³-hybridized carbons (Fsp3) is 0.355. The molecule has 0 bridgehead atoms. The van der Waals surface area contributed by atoms with Crippen LogP contribution in [0.1, 0.15) is 36.1 Å². The molecule has 0 aromatic heterocycles. The van der Waals surface area contributed by atoms with Gasteiger partial charge in [0, 0.05) is 24.0 Å². The summed E-state index contributed by atoms with van der Waals surface area (Å²) in [5.41, 5.74) is 4.04. The van der Waals surface area contributed by atoms with Gasteiger partial charge in [0.2, 0.25) is 21.8 Å². The Kier molecular flexibility index (Phi) is 10.9. The Balaban J connectivity index is 2.05. The van der Waals surface area contributed by atoms with E-state index in [4.69, 9.17) is 0 Å². The third kappa shape index (κ3) is 8.93. The van der Waals surface area contributed by atoms with Crippen molar-refractivity contribution in [1.82, 2.24) is 10.2 Å². The lowest BCUT2D eigenvalue weighted by molar-refractivity contribution is -0.140. The number of aryl methyl sites for hydroxylation is 2. The number of hydrogen-bond donors (Lipinski definition) is 1. The van der Waals surface area contributed by atoms with Crippen LogP contribution in [0.4, 0.5) is 5.69 Å². The molecule has 0 aliphatic rings. The van der Waals surface area contributed by atoms with Crippen molar-refractivity contribution in [3.8, 4) is 0 Å². The largest absolute Gasteiger partial charge is 0.354 e. The van der Waals surface area contributed by atoms with Crippen LogP contribution in [0.5, 0.6) is 0 Å². The van der Waals surface area contributed by atoms with E-state index < -0.39 is 28.5 Å². The number of sulfonamides is 1. The molecule has 0 unspecified atom stereocenters. The Hall–Kier alpha value is -3.17. The number of anilines is 1. The van der Waals surface area contributed by atoms with Gasteiger partial charge >= 0.3 is 0 Å². The van der Waals surface area contributed by atoms with Gasteiger partial charge in [-0.25, -0.2) is 8.42 Å². The second-order valence-corrected chi connectivity index (χ2v) is 13.3. The summed E-state index contributed by atoms with van der Waals surface area (Å²) in [5.74, 6) is -0.514. The Morgan fingerprint density at radius 1 is 0.925 bits per heavy atom. The highest BCUT2D eigenvalue weighted by molar-refractivity contribution is 9.10. The van der Waals surface area contributed by atoms with Crippen LogP contribution in [0, 0.1) is 19.8 Å². The number of nitrogens with one attached hydrogen (secondary N) is 1. The molecule has 0 spiro atoms. The molecular weight excluding hydrogens is 590 g/mol. The number of carbonyl (C=O) groups excluding carboxylic acids is 2. The number of benzene rings is 3. The molecule has 0 aliphatic heterocycles. The van der Waals surface area contributed by atoms with Gasteiger partial charge in [-0.05, 0) is 54.7 Å². The van der Waals surface area contributed by atoms with Crippen LogP contribution in [0.15, 0.2) is 77.3 Å². The molecule has 214 valence electrons. The minimum atomic E-state index is -3.81. The molecule has 0 aliphatic carbocycles. The third-order valence-corrected chi connectivity index (χ3v) is 8.57. The van der Waals surface area contributed by atoms with Crippen LogP contribution < -0.4 is 9.62 Å². The summed E-state index contributed by atoms with van der Waals surface area (Å²) in [6.07, 6.45) is 1.37. The normalized spacial score (nSPS) is 12.2. The van der Waals surface area contributed by atoms with Gasteiger partial charge in [0.25, 0.3) is 0 Å². The number of rotatable bonds is 12. The molecule has 9 heteroatoms. The van der Waals surface area contributed by atoms with Gasteiger partial charge in [-0.3, -0.25) is 13.9 Å². The lowest BCUT2D eigenvalue weighted by Gasteiger charge is -2.33. The van der Waals surface area contributed by atoms with E-state index in [1.54, 1.807) is 18.2 Å². The van der Waals surface area contributed by atoms with Gasteiger partial charge < -0.3 is 10.2 Å². The number of nitrogens with zero attached hydrogens (tertiary/aromatic N) is 2. The molecule has 3 aromatic rings. The van der Waals surface area contributed by atoms with Crippen LogP contribution in [0.3, 0.4) is 0 Å². The van der Waals surface area contributed by atoms with Gasteiger partial charge in [-0.1, -0.05) is 89.9 Å². The average Bonchev–Trinajstić information content (AvgIpc) is 2.90. The molecule has 3 aromatic carbocycles. The number of hydrogen-bond acceptors (Lipinski definition) is 4. The Morgan fingerprint density at radius 2 is 1.57 bits per heavy atom. The van der Waals surface area contributed by atoms with Gasteiger partial charge in [0.05, 0.1) is 11.9 Å². The quantitative estimate of drug-likeness (QED) is 0.297. The molecule has 0 fully saturated rings. The predicted octanol–water partition coefficient (Wildman–Crippen LogP) is 5.24. The van der Waals surface area contributed by atoms with Gasteiger partial charge in [-0.2, -0.15) is 0 Å². The Morgan fingerprint density at radius 3 is 2.15 bits per heavy atom. The second kappa shape index (κ2) is 13.9. The van der Waals surface area contributed by atoms with Crippen molar-refractivity contribution < 1.29 is 18.0 Å². The SMILES string of the molecule is Cc1ccc(CN(C(=O)CN(c2ccc(Br)c(C)c2)S(C)(=O)=O)[C@H](Cc2ccccc2)C(=O)NCC(C)C)cc1. The van der Waals surface area contributed by atoms with Crippen LogP contribution in [-0.2, 0) is 32.6 Å². The molecule has 40 heavy (non-hydrogen) atoms. The highest BCUT2D eigenvalue weighted by atomic mass is 79.9. The topological polar surface area (TPSA) is 86.8 Å². The van der Waals surface area contributed by atoms with E-state index >= 15 is 0 Å². The molecule has 1 atom stereocenters. The highest BCUT2D eigenvalue weighted by Crippen LogP contribution is 2.25. The predicted molar refractivity (Wildman–Crippen MR) is 165 cm³/mol. The zero-order valence-corrected chi connectivity index (χ0v) is 26.1. The average molecular weight is 629 g/mol. The van der Waals surface area contributed by atoms with Crippen molar-refractivity contribution >= 4 is 43.5 Å². The molecule has 0 saturated heterocycles. The van der Waals surface area contributed by atoms with E-state index in [1.807, 2.05) is 82.3 Å². The third-order valence-electron chi connectivity index (χ3n) is 6.54. The van der Waals surface area contributed by atoms with E-state index in [9.17, 15) is 18.0 Å². The first-order chi connectivity index (χ1) is 18.8. The molecule has 7 nitrogen and oxygen atoms in total. The molecule has 0 saturated carbocycles. The Labute approximate surface area is 246 Å². The molecule has 1 N–H and O–H groups in total. The molecule has 3 rings (SSSR count). The molecule has 2 amide bonds. The summed E-state index contributed by atoms with van der Waals surface area (Å²) < 4.78 is 27.8. The van der Waals surface area contributed by atoms with E-state index in [1.165, 1.54) is 4.90 Å². The van der Waals surface area contributed by atoms with Crippen LogP contribution in [-0.4, -0.2) is 50.5 Å². The number of carbonyl (C=O) groups is 2. The summed E-state index contributed by atoms with van der Waals surface area (Å²) in [6.45, 7) is 8.03. The molecule has 0 heterocycles. The monoisotopic (exact) mass is 627 g/mol. The van der Waals surface area contributed by atoms with Crippen molar-refractivity contribution in [3.05, 3.63) is 99.5 Å². The lowest BCUT2D eigenvalue weighted by atomic mass is 10.0. The zero-order valence-electron chi connectivity index (χ0n) is 23.7. The zero-order chi connectivity index (χ0) is 29.4. The van der Waals surface area contributed by atoms with Crippen LogP contribution >= 0.6 is 15.9 Å². The second-order valence-electron chi connectivity index (χ2n) is 10.6. The van der Waals surface area contributed by atoms with Crippen molar-refractivity contribution in [2.45, 2.75) is 46.7 Å². The van der Waals surface area contributed by atoms with Crippen molar-refractivity contribution in [1.29, 1.82) is 0 Å². The summed E-state index contributed by atoms with van der Waals surface area (Å²) >= 11 is 3.45. The van der Waals surface area contributed by atoms with Gasteiger partial charge in [0.1, 0.15) is 12.6 Å². The molecule has 0 radical (unpaired) electrons. The molecular formula is C31H38BrN3O4S. The number of amides is 2. The first-order valence-electron chi connectivity index (χ1n) is 13.3. The minimum Gasteiger partial charge on any atom is -0.354 e. The van der Waals surface area contributed by atoms with Crippen LogP contribution in [0.25, 0.3) is 0 Å². The van der Waals surface area contributed by atoms with E-state index in [-0.39, 0.29) is 18.4 Å². The van der Waals surface area contributed by atoms with Crippen molar-refractivity contribution in [2.75, 3.05) is 23.7 Å². The van der Waals surface area contributed by atoms with E-state index in [0.29, 0.717) is 18.7 Å². The Bertz CT molecular complexity index is 1410. The first kappa shape index (κ1) is 31.4. The fourth-order valence-corrected chi connectivity index (χ4v) is 5.35. The maximum Gasteiger partial charge on any atom is 0.244 e. The summed E-state index contributed by atoms with van der Waals surface area (Å²) in [6, 6.07) is 21.6. The summed E-state index contributed by atoms with van der Waals surface area (Å²) in [7, 11) is -3.81.